The zero-order valence-corrected chi connectivity index (χ0v) is 9.66. The van der Waals surface area contributed by atoms with Gasteiger partial charge in [0.05, 0.1) is 11.5 Å². The molecule has 0 aromatic heterocycles. The lowest BCUT2D eigenvalue weighted by Crippen LogP contribution is -2.29. The zero-order chi connectivity index (χ0) is 12.7. The van der Waals surface area contributed by atoms with Crippen LogP contribution in [0.1, 0.15) is 40.0 Å². The maximum Gasteiger partial charge on any atom is 0.307 e. The summed E-state index contributed by atoms with van der Waals surface area (Å²) in [7, 11) is 0. The van der Waals surface area contributed by atoms with Crippen molar-refractivity contribution < 1.29 is 24.2 Å². The molecule has 0 bridgehead atoms. The van der Waals surface area contributed by atoms with E-state index in [2.05, 4.69) is 0 Å². The van der Waals surface area contributed by atoms with Crippen molar-refractivity contribution in [1.29, 1.82) is 0 Å². The van der Waals surface area contributed by atoms with Crippen molar-refractivity contribution >= 4 is 17.7 Å². The van der Waals surface area contributed by atoms with Crippen molar-refractivity contribution in [3.05, 3.63) is 11.3 Å². The molecule has 16 heavy (non-hydrogen) atoms. The molecule has 0 spiro atoms. The minimum Gasteiger partial charge on any atom is -0.545 e. The maximum absolute atomic E-state index is 11.1. The van der Waals surface area contributed by atoms with Gasteiger partial charge < -0.3 is 14.6 Å². The van der Waals surface area contributed by atoms with Crippen LogP contribution >= 0.6 is 0 Å². The van der Waals surface area contributed by atoms with Gasteiger partial charge in [-0.15, -0.1) is 0 Å². The van der Waals surface area contributed by atoms with Crippen LogP contribution in [-0.4, -0.2) is 17.7 Å². The van der Waals surface area contributed by atoms with Crippen LogP contribution < -0.4 is 5.11 Å². The summed E-state index contributed by atoms with van der Waals surface area (Å²) in [6, 6.07) is 0. The molecule has 0 unspecified atom stereocenters. The molecular formula is C11H15O5-. The van der Waals surface area contributed by atoms with Crippen LogP contribution in [0.2, 0.25) is 0 Å². The van der Waals surface area contributed by atoms with E-state index in [0.717, 1.165) is 20.3 Å². The lowest BCUT2D eigenvalue weighted by molar-refractivity contribution is -0.299. The van der Waals surface area contributed by atoms with E-state index >= 15 is 0 Å². The number of carbonyl (C=O) groups excluding carboxylic acids is 3. The van der Waals surface area contributed by atoms with Crippen molar-refractivity contribution in [2.45, 2.75) is 40.0 Å². The number of hydrogen-bond donors (Lipinski definition) is 0. The van der Waals surface area contributed by atoms with Gasteiger partial charge in [0.1, 0.15) is 5.76 Å². The third kappa shape index (κ3) is 4.72. The van der Waals surface area contributed by atoms with Crippen molar-refractivity contribution in [2.75, 3.05) is 0 Å². The summed E-state index contributed by atoms with van der Waals surface area (Å²) in [6.07, 6.45) is 1.66. The Hall–Kier alpha value is -1.65. The molecule has 0 aliphatic heterocycles. The van der Waals surface area contributed by atoms with E-state index in [9.17, 15) is 19.5 Å². The molecule has 5 heteroatoms. The van der Waals surface area contributed by atoms with Gasteiger partial charge in [-0.05, 0) is 13.3 Å². The first-order valence-corrected chi connectivity index (χ1v) is 5.04. The average molecular weight is 227 g/mol. The molecule has 0 heterocycles. The van der Waals surface area contributed by atoms with E-state index in [4.69, 9.17) is 4.74 Å². The van der Waals surface area contributed by atoms with E-state index in [1.165, 1.54) is 0 Å². The fourth-order valence-corrected chi connectivity index (χ4v) is 1.19. The Morgan fingerprint density at radius 2 is 1.75 bits per heavy atom. The van der Waals surface area contributed by atoms with Gasteiger partial charge in [-0.1, -0.05) is 13.3 Å². The highest BCUT2D eigenvalue weighted by Gasteiger charge is 2.15. The van der Waals surface area contributed by atoms with Crippen LogP contribution in [0.5, 0.6) is 0 Å². The second-order valence-electron chi connectivity index (χ2n) is 3.34. The molecule has 0 aromatic rings. The third-order valence-electron chi connectivity index (χ3n) is 1.86. The summed E-state index contributed by atoms with van der Waals surface area (Å²) in [5.74, 6) is -3.04. The van der Waals surface area contributed by atoms with Gasteiger partial charge in [-0.3, -0.25) is 9.59 Å². The Morgan fingerprint density at radius 3 is 2.06 bits per heavy atom. The molecule has 0 fully saturated rings. The number of ether oxygens (including phenoxy) is 1. The molecule has 0 saturated heterocycles. The molecule has 0 aliphatic carbocycles. The summed E-state index contributed by atoms with van der Waals surface area (Å²) < 4.78 is 4.74. The third-order valence-corrected chi connectivity index (χ3v) is 1.86. The van der Waals surface area contributed by atoms with Crippen LogP contribution in [0, 0.1) is 0 Å². The van der Waals surface area contributed by atoms with E-state index in [1.807, 2.05) is 6.92 Å². The molecular weight excluding hydrogens is 212 g/mol. The van der Waals surface area contributed by atoms with Gasteiger partial charge in [-0.25, -0.2) is 0 Å². The highest BCUT2D eigenvalue weighted by atomic mass is 16.5. The smallest absolute Gasteiger partial charge is 0.307 e. The Morgan fingerprint density at radius 1 is 1.19 bits per heavy atom. The topological polar surface area (TPSA) is 83.5 Å². The molecule has 0 rings (SSSR count). The molecule has 0 N–H and O–H groups in total. The predicted molar refractivity (Wildman–Crippen MR) is 54.0 cm³/mol. The fraction of sp³-hybridized carbons (Fsp3) is 0.545. The average Bonchev–Trinajstić information content (AvgIpc) is 2.11. The number of ketones is 1. The van der Waals surface area contributed by atoms with Gasteiger partial charge in [0, 0.05) is 13.3 Å². The van der Waals surface area contributed by atoms with E-state index in [-0.39, 0.29) is 12.2 Å². The number of carboxylic acid groups (broad SMARTS) is 1. The van der Waals surface area contributed by atoms with Crippen LogP contribution in [0.4, 0.5) is 0 Å². The van der Waals surface area contributed by atoms with Crippen LogP contribution in [0.3, 0.4) is 0 Å². The molecule has 0 amide bonds. The van der Waals surface area contributed by atoms with E-state index in [1.54, 1.807) is 0 Å². The number of Topliss-reactive ketones (excluding diaryl/α,β-unsaturated/α-hetero) is 1. The summed E-state index contributed by atoms with van der Waals surface area (Å²) in [4.78, 5) is 32.6. The zero-order valence-electron chi connectivity index (χ0n) is 9.66. The standard InChI is InChI=1S/C11H16O5/c1-4-5-6-9(16-8(3)13)10(7(2)12)11(14)15/h4-6H2,1-3H3,(H,14,15)/p-1/b10-9-. The Bertz CT molecular complexity index is 311. The monoisotopic (exact) mass is 227 g/mol. The Balaban J connectivity index is 5.18. The summed E-state index contributed by atoms with van der Waals surface area (Å²) >= 11 is 0. The molecule has 90 valence electrons. The van der Waals surface area contributed by atoms with Crippen LogP contribution in [0.25, 0.3) is 0 Å². The minimum atomic E-state index is -1.61. The molecule has 0 atom stereocenters. The number of esters is 1. The highest BCUT2D eigenvalue weighted by molar-refractivity contribution is 6.15. The predicted octanol–water partition coefficient (Wildman–Crippen LogP) is 0.333. The first-order valence-electron chi connectivity index (χ1n) is 5.04. The van der Waals surface area contributed by atoms with Crippen molar-refractivity contribution in [2.24, 2.45) is 0 Å². The molecule has 5 nitrogen and oxygen atoms in total. The molecule has 0 radical (unpaired) electrons. The fourth-order valence-electron chi connectivity index (χ4n) is 1.19. The molecule has 0 aliphatic rings. The number of hydrogen-bond acceptors (Lipinski definition) is 5. The first-order chi connectivity index (χ1) is 7.40. The van der Waals surface area contributed by atoms with Crippen LogP contribution in [-0.2, 0) is 19.1 Å². The Labute approximate surface area is 94.1 Å². The van der Waals surface area contributed by atoms with Crippen molar-refractivity contribution in [1.82, 2.24) is 0 Å². The summed E-state index contributed by atoms with van der Waals surface area (Å²) in [6.45, 7) is 4.15. The van der Waals surface area contributed by atoms with Crippen molar-refractivity contribution in [3.63, 3.8) is 0 Å². The number of carbonyl (C=O) groups is 3. The number of carboxylic acids is 1. The SMILES string of the molecule is CCCC/C(OC(C)=O)=C(\C(C)=O)C(=O)[O-]. The lowest BCUT2D eigenvalue weighted by atomic mass is 10.1. The van der Waals surface area contributed by atoms with Gasteiger partial charge in [-0.2, -0.15) is 0 Å². The second-order valence-corrected chi connectivity index (χ2v) is 3.34. The highest BCUT2D eigenvalue weighted by Crippen LogP contribution is 2.15. The first kappa shape index (κ1) is 14.3. The quantitative estimate of drug-likeness (QED) is 0.215. The normalized spacial score (nSPS) is 11.7. The van der Waals surface area contributed by atoms with E-state index < -0.39 is 23.3 Å². The lowest BCUT2D eigenvalue weighted by Gasteiger charge is -2.13. The van der Waals surface area contributed by atoms with Gasteiger partial charge in [0.2, 0.25) is 0 Å². The van der Waals surface area contributed by atoms with Gasteiger partial charge >= 0.3 is 5.97 Å². The number of rotatable bonds is 6. The van der Waals surface area contributed by atoms with Crippen molar-refractivity contribution in [3.8, 4) is 0 Å². The van der Waals surface area contributed by atoms with Crippen LogP contribution in [0.15, 0.2) is 11.3 Å². The second kappa shape index (κ2) is 6.76. The molecule has 0 aromatic carbocycles. The summed E-state index contributed by atoms with van der Waals surface area (Å²) in [5.41, 5.74) is -0.552. The molecule has 0 saturated carbocycles. The Kier molecular flexibility index (Phi) is 6.07. The number of allylic oxidation sites excluding steroid dienone is 1. The maximum atomic E-state index is 11.1. The minimum absolute atomic E-state index is 0.109. The largest absolute Gasteiger partial charge is 0.545 e. The van der Waals surface area contributed by atoms with Gasteiger partial charge in [0.15, 0.2) is 5.78 Å². The number of aliphatic carboxylic acids is 1. The number of unbranched alkanes of at least 4 members (excludes halogenated alkanes) is 1. The van der Waals surface area contributed by atoms with E-state index in [0.29, 0.717) is 6.42 Å². The summed E-state index contributed by atoms with van der Waals surface area (Å²) in [5, 5.41) is 10.7. The van der Waals surface area contributed by atoms with Gasteiger partial charge in [0.25, 0.3) is 0 Å².